The van der Waals surface area contributed by atoms with Crippen LogP contribution < -0.4 is 9.34 Å². The van der Waals surface area contributed by atoms with Gasteiger partial charge in [-0.05, 0) is 92.3 Å². The number of nitrogens with zero attached hydrogens (tertiary/aromatic N) is 2. The lowest BCUT2D eigenvalue weighted by Crippen LogP contribution is -2.35. The van der Waals surface area contributed by atoms with Crippen LogP contribution in [0.15, 0.2) is 223 Å². The highest BCUT2D eigenvalue weighted by Crippen LogP contribution is 2.47. The van der Waals surface area contributed by atoms with Crippen molar-refractivity contribution in [2.45, 2.75) is 25.9 Å². The van der Waals surface area contributed by atoms with Gasteiger partial charge in [0.25, 0.3) is 0 Å². The molecule has 0 unspecified atom stereocenters. The lowest BCUT2D eigenvalue weighted by atomic mass is 9.99. The summed E-state index contributed by atoms with van der Waals surface area (Å²) in [6, 6.07) is 72.6. The Hall–Kier alpha value is -7.04. The van der Waals surface area contributed by atoms with Gasteiger partial charge < -0.3 is 16.8 Å². The molecule has 0 saturated carbocycles. The van der Waals surface area contributed by atoms with E-state index >= 15 is 0 Å². The minimum Gasteiger partial charge on any atom is -0.408 e. The van der Waals surface area contributed by atoms with Gasteiger partial charge in [-0.15, -0.1) is 0 Å². The second-order valence-corrected chi connectivity index (χ2v) is 19.7. The van der Waals surface area contributed by atoms with Crippen LogP contribution in [0, 0.1) is 0 Å². The van der Waals surface area contributed by atoms with Crippen LogP contribution in [0.25, 0.3) is 87.0 Å². The molecule has 0 N–H and O–H groups in total. The average Bonchev–Trinajstić information content (AvgIpc) is 3.66. The molecule has 0 aliphatic heterocycles. The highest BCUT2D eigenvalue weighted by molar-refractivity contribution is 7.39. The topological polar surface area (TPSA) is 59.0 Å². The van der Waals surface area contributed by atoms with Crippen LogP contribution in [0.3, 0.4) is 0 Å². The van der Waals surface area contributed by atoms with Crippen molar-refractivity contribution >= 4 is 103 Å². The Labute approximate surface area is 384 Å². The molecule has 12 aromatic rings. The van der Waals surface area contributed by atoms with Crippen molar-refractivity contribution < 1.29 is 16.8 Å². The van der Waals surface area contributed by atoms with E-state index in [1.807, 2.05) is 0 Å². The van der Waals surface area contributed by atoms with E-state index in [0.717, 1.165) is 87.0 Å². The van der Waals surface area contributed by atoms with Gasteiger partial charge in [-0.2, -0.15) is 9.34 Å². The van der Waals surface area contributed by atoms with Crippen LogP contribution in [-0.4, -0.2) is 13.1 Å². The Morgan fingerprint density at radius 3 is 0.864 bits per heavy atom. The van der Waals surface area contributed by atoms with Gasteiger partial charge in [-0.25, -0.2) is 0 Å². The standard InChI is InChI=1S/C58H46N2O4P2/c1-39(41-17-5-3-6-18-41)59(65-61-51-33-29-43-21-9-13-25-47(43)55(51)56-48-26-14-10-22-44(48)30-34-52(56)62-65)37-38-60(40(2)42-19-7-4-8-20-42)66-63-53-35-31-45-23-11-15-27-49(45)57(53)58-50-28-16-12-24-46(50)32-36-54(58)64-66/h3-36,39-40H,37-38H2,1-2H3/t39-,40+. The summed E-state index contributed by atoms with van der Waals surface area (Å²) in [5.41, 5.74) is 5.57. The molecule has 0 saturated heterocycles. The quantitative estimate of drug-likeness (QED) is 0.144. The fourth-order valence-corrected chi connectivity index (χ4v) is 12.9. The summed E-state index contributed by atoms with van der Waals surface area (Å²) in [4.78, 5) is 0. The highest BCUT2D eigenvalue weighted by atomic mass is 31.1. The normalized spacial score (nSPS) is 13.0. The first-order valence-electron chi connectivity index (χ1n) is 22.6. The van der Waals surface area contributed by atoms with E-state index in [4.69, 9.17) is 16.8 Å². The molecular weight excluding hydrogens is 851 g/mol. The Balaban J connectivity index is 1.09. The van der Waals surface area contributed by atoms with Crippen molar-refractivity contribution in [2.75, 3.05) is 22.4 Å². The first-order valence-corrected chi connectivity index (χ1v) is 24.9. The van der Waals surface area contributed by atoms with E-state index < -0.39 is 16.3 Å². The minimum absolute atomic E-state index is 0.0833. The molecule has 0 bridgehead atoms. The summed E-state index contributed by atoms with van der Waals surface area (Å²) in [6.45, 7) is 5.67. The summed E-state index contributed by atoms with van der Waals surface area (Å²) in [6.07, 6.45) is 0. The van der Waals surface area contributed by atoms with E-state index in [0.29, 0.717) is 13.1 Å². The Morgan fingerprint density at radius 2 is 0.576 bits per heavy atom. The lowest BCUT2D eigenvalue weighted by Gasteiger charge is -2.31. The van der Waals surface area contributed by atoms with E-state index in [9.17, 15) is 0 Å². The molecule has 0 spiro atoms. The summed E-state index contributed by atoms with van der Waals surface area (Å²) >= 11 is 0. The predicted octanol–water partition coefficient (Wildman–Crippen LogP) is 17.6. The zero-order valence-corrected chi connectivity index (χ0v) is 38.4. The minimum atomic E-state index is -1.73. The van der Waals surface area contributed by atoms with Gasteiger partial charge in [0.05, 0.1) is 0 Å². The second kappa shape index (κ2) is 17.1. The fourth-order valence-electron chi connectivity index (χ4n) is 9.77. The maximum absolute atomic E-state index is 7.31. The molecule has 6 nitrogen and oxygen atoms in total. The third-order valence-electron chi connectivity index (χ3n) is 13.2. The molecule has 2 heterocycles. The SMILES string of the molecule is C[C@H](c1ccccc1)N(CCN([C@@H](C)c1ccccc1)p1oc2ccc3ccccc3c2c2c(ccc3ccccc32)o1)p1oc2ccc3ccccc3c2c2c(ccc3ccccc32)o1. The number of benzene rings is 10. The van der Waals surface area contributed by atoms with Crippen molar-refractivity contribution in [3.05, 3.63) is 217 Å². The van der Waals surface area contributed by atoms with Crippen LogP contribution in [0.4, 0.5) is 0 Å². The fraction of sp³-hybridized carbons (Fsp3) is 0.103. The predicted molar refractivity (Wildman–Crippen MR) is 279 cm³/mol. The van der Waals surface area contributed by atoms with Gasteiger partial charge in [0.2, 0.25) is 0 Å². The molecule has 66 heavy (non-hydrogen) atoms. The number of hydrogen-bond donors (Lipinski definition) is 0. The van der Waals surface area contributed by atoms with Crippen LogP contribution in [0.1, 0.15) is 37.1 Å². The third kappa shape index (κ3) is 7.15. The third-order valence-corrected chi connectivity index (χ3v) is 16.5. The molecule has 0 aliphatic rings. The van der Waals surface area contributed by atoms with Gasteiger partial charge in [0.15, 0.2) is 0 Å². The van der Waals surface area contributed by atoms with Gasteiger partial charge in [-0.3, -0.25) is 0 Å². The largest absolute Gasteiger partial charge is 0.408 e. The number of fused-ring (bicyclic) bond motifs is 14. The molecule has 0 fully saturated rings. The summed E-state index contributed by atoms with van der Waals surface area (Å²) in [5, 5.41) is 13.3. The summed E-state index contributed by atoms with van der Waals surface area (Å²) < 4.78 is 34.1. The van der Waals surface area contributed by atoms with Crippen molar-refractivity contribution in [1.29, 1.82) is 0 Å². The average molecular weight is 897 g/mol. The lowest BCUT2D eigenvalue weighted by molar-refractivity contribution is 0.570. The number of hydrogen-bond acceptors (Lipinski definition) is 6. The molecular formula is C58H46N2O4P2. The zero-order chi connectivity index (χ0) is 44.1. The smallest absolute Gasteiger partial charge is 0.310 e. The molecule has 8 heteroatoms. The Morgan fingerprint density at radius 1 is 0.318 bits per heavy atom. The van der Waals surface area contributed by atoms with E-state index in [-0.39, 0.29) is 12.1 Å². The van der Waals surface area contributed by atoms with Gasteiger partial charge in [0.1, 0.15) is 22.3 Å². The van der Waals surface area contributed by atoms with Crippen LogP contribution in [-0.2, 0) is 0 Å². The van der Waals surface area contributed by atoms with Gasteiger partial charge >= 0.3 is 16.3 Å². The molecule has 0 amide bonds. The summed E-state index contributed by atoms with van der Waals surface area (Å²) in [5.74, 6) is 0. The van der Waals surface area contributed by atoms with Gasteiger partial charge in [0, 0.05) is 46.7 Å². The van der Waals surface area contributed by atoms with E-state index in [1.54, 1.807) is 0 Å². The molecule has 12 rings (SSSR count). The van der Waals surface area contributed by atoms with Crippen LogP contribution >= 0.6 is 16.3 Å². The first kappa shape index (κ1) is 40.5. The molecule has 0 aliphatic carbocycles. The van der Waals surface area contributed by atoms with Crippen molar-refractivity contribution in [2.24, 2.45) is 0 Å². The van der Waals surface area contributed by atoms with Crippen molar-refractivity contribution in [1.82, 2.24) is 0 Å². The molecule has 2 atom stereocenters. The molecule has 322 valence electrons. The Bertz CT molecular complexity index is 3400. The zero-order valence-electron chi connectivity index (χ0n) is 36.6. The maximum atomic E-state index is 7.31. The molecule has 2 aromatic heterocycles. The van der Waals surface area contributed by atoms with E-state index in [1.165, 1.54) is 11.1 Å². The second-order valence-electron chi connectivity index (χ2n) is 17.0. The van der Waals surface area contributed by atoms with Crippen LogP contribution in [0.2, 0.25) is 0 Å². The summed E-state index contributed by atoms with van der Waals surface area (Å²) in [7, 11) is -3.46. The number of rotatable bonds is 9. The van der Waals surface area contributed by atoms with E-state index in [2.05, 4.69) is 229 Å². The van der Waals surface area contributed by atoms with Gasteiger partial charge in [-0.1, -0.05) is 182 Å². The molecule has 0 radical (unpaired) electrons. The van der Waals surface area contributed by atoms with Crippen molar-refractivity contribution in [3.63, 3.8) is 0 Å². The van der Waals surface area contributed by atoms with Crippen molar-refractivity contribution in [3.8, 4) is 0 Å². The first-order chi connectivity index (χ1) is 32.6. The van der Waals surface area contributed by atoms with Crippen LogP contribution in [0.5, 0.6) is 0 Å². The maximum Gasteiger partial charge on any atom is 0.310 e. The highest BCUT2D eigenvalue weighted by Gasteiger charge is 2.29. The Kier molecular flexibility index (Phi) is 10.5. The monoisotopic (exact) mass is 896 g/mol. The molecule has 10 aromatic carbocycles.